The molecule has 0 spiro atoms. The summed E-state index contributed by atoms with van der Waals surface area (Å²) >= 11 is 0. The second-order valence-electron chi connectivity index (χ2n) is 18.6. The van der Waals surface area contributed by atoms with Crippen LogP contribution < -0.4 is 0 Å². The molecule has 0 aliphatic heterocycles. The number of aromatic nitrogens is 3. The third-order valence-corrected chi connectivity index (χ3v) is 13.8. The molecule has 5 aromatic rings. The quantitative estimate of drug-likeness (QED) is 0.176. The summed E-state index contributed by atoms with van der Waals surface area (Å²) in [7, 11) is 0. The van der Waals surface area contributed by atoms with Gasteiger partial charge in [0.1, 0.15) is 0 Å². The summed E-state index contributed by atoms with van der Waals surface area (Å²) < 4.78 is 0. The molecule has 0 saturated heterocycles. The topological polar surface area (TPSA) is 62.5 Å². The monoisotopic (exact) mass is 710 g/mol. The molecule has 4 saturated carbocycles. The lowest BCUT2D eigenvalue weighted by molar-refractivity contribution is 0.0779. The van der Waals surface area contributed by atoms with Crippen LogP contribution >= 0.6 is 0 Å². The minimum absolute atomic E-state index is 0.122. The van der Waals surface area contributed by atoms with Crippen molar-refractivity contribution in [3.63, 3.8) is 0 Å². The number of fused-ring (bicyclic) bond motifs is 4. The van der Waals surface area contributed by atoms with Gasteiger partial charge in [-0.1, -0.05) is 100 Å². The van der Waals surface area contributed by atoms with Crippen molar-refractivity contribution in [3.8, 4) is 51.4 Å². The zero-order chi connectivity index (χ0) is 37.0. The second-order valence-corrected chi connectivity index (χ2v) is 18.6. The van der Waals surface area contributed by atoms with E-state index >= 15 is 0 Å². The zero-order valence-electron chi connectivity index (χ0n) is 32.6. The minimum atomic E-state index is 0.122. The molecule has 0 amide bonds. The SMILES string of the molecule is C[C@@H]1C[C@@H]2C[C@H](C)CC(c3ccc(-c4nc(-c5ccccc5)nc(-c5cc(-c6cccc(C#N)c6)cc(C67C[C@H](C)C[C@H](C[C@H](C)C6)C7)c5)n4)cc3)(C1)C2. The van der Waals surface area contributed by atoms with Crippen molar-refractivity contribution in [3.05, 3.63) is 114 Å². The van der Waals surface area contributed by atoms with Crippen LogP contribution in [0.25, 0.3) is 45.3 Å². The summed E-state index contributed by atoms with van der Waals surface area (Å²) in [6.07, 6.45) is 13.0. The van der Waals surface area contributed by atoms with Gasteiger partial charge in [0.25, 0.3) is 0 Å². The van der Waals surface area contributed by atoms with Crippen LogP contribution in [-0.2, 0) is 10.8 Å². The molecule has 1 aromatic heterocycles. The van der Waals surface area contributed by atoms with E-state index in [-0.39, 0.29) is 10.8 Å². The molecule has 0 N–H and O–H groups in total. The highest BCUT2D eigenvalue weighted by Crippen LogP contribution is 2.56. The first-order valence-electron chi connectivity index (χ1n) is 20.7. The third kappa shape index (κ3) is 6.70. The van der Waals surface area contributed by atoms with Gasteiger partial charge in [-0.15, -0.1) is 0 Å². The standard InChI is InChI=1S/C50H54N4/c1-32-17-37-18-33(2)26-49(25-32,29-37)44-15-13-40(14-16-44)47-52-46(39-10-6-5-7-11-39)53-48(54-47)43-22-42(41-12-8-9-36(21-41)31-51)23-45(24-43)50-27-34(3)19-38(30-50)20-35(4)28-50/h5-16,21-24,32-35,37-38H,17-20,25-30H2,1-4H3/t32-,33+,34-,35+,37-,38-,49?,50?. The van der Waals surface area contributed by atoms with E-state index in [4.69, 9.17) is 15.0 Å². The van der Waals surface area contributed by atoms with Gasteiger partial charge in [-0.2, -0.15) is 5.26 Å². The van der Waals surface area contributed by atoms with Crippen LogP contribution in [0, 0.1) is 46.8 Å². The maximum absolute atomic E-state index is 9.83. The van der Waals surface area contributed by atoms with Crippen LogP contribution in [0.1, 0.15) is 109 Å². The number of nitriles is 1. The lowest BCUT2D eigenvalue weighted by Gasteiger charge is -2.50. The van der Waals surface area contributed by atoms with E-state index in [2.05, 4.69) is 107 Å². The Morgan fingerprint density at radius 2 is 0.944 bits per heavy atom. The average molecular weight is 711 g/mol. The first kappa shape index (κ1) is 35.1. The molecule has 4 heteroatoms. The molecule has 4 aromatic carbocycles. The van der Waals surface area contributed by atoms with Crippen LogP contribution in [0.15, 0.2) is 97.1 Å². The smallest absolute Gasteiger partial charge is 0.164 e. The number of rotatable bonds is 6. The molecule has 4 aliphatic rings. The van der Waals surface area contributed by atoms with Crippen molar-refractivity contribution < 1.29 is 0 Å². The Hall–Kier alpha value is -4.62. The van der Waals surface area contributed by atoms with Crippen molar-refractivity contribution in [2.75, 3.05) is 0 Å². The second kappa shape index (κ2) is 13.9. The van der Waals surface area contributed by atoms with E-state index in [9.17, 15) is 5.26 Å². The molecule has 9 rings (SSSR count). The Kier molecular flexibility index (Phi) is 9.04. The summed E-state index contributed by atoms with van der Waals surface area (Å²) in [5, 5.41) is 9.83. The van der Waals surface area contributed by atoms with Crippen LogP contribution in [0.2, 0.25) is 0 Å². The third-order valence-electron chi connectivity index (χ3n) is 13.8. The summed E-state index contributed by atoms with van der Waals surface area (Å²) in [6, 6.07) is 37.1. The fourth-order valence-electron chi connectivity index (χ4n) is 12.4. The molecule has 2 unspecified atom stereocenters. The largest absolute Gasteiger partial charge is 0.208 e. The van der Waals surface area contributed by atoms with Crippen molar-refractivity contribution >= 4 is 0 Å². The number of benzene rings is 4. The molecule has 54 heavy (non-hydrogen) atoms. The van der Waals surface area contributed by atoms with Gasteiger partial charge in [0.15, 0.2) is 17.5 Å². The van der Waals surface area contributed by atoms with Gasteiger partial charge in [0, 0.05) is 16.7 Å². The van der Waals surface area contributed by atoms with E-state index in [1.165, 1.54) is 75.3 Å². The Balaban J connectivity index is 1.18. The van der Waals surface area contributed by atoms with Crippen LogP contribution in [0.3, 0.4) is 0 Å². The fraction of sp³-hybridized carbons (Fsp3) is 0.440. The average Bonchev–Trinajstić information content (AvgIpc) is 3.17. The van der Waals surface area contributed by atoms with Gasteiger partial charge in [-0.25, -0.2) is 15.0 Å². The number of hydrogen-bond acceptors (Lipinski definition) is 4. The van der Waals surface area contributed by atoms with E-state index in [0.717, 1.165) is 51.5 Å². The fourth-order valence-corrected chi connectivity index (χ4v) is 12.4. The zero-order valence-corrected chi connectivity index (χ0v) is 32.6. The number of nitrogens with zero attached hydrogens (tertiary/aromatic N) is 4. The van der Waals surface area contributed by atoms with E-state index in [0.29, 0.717) is 34.9 Å². The molecule has 4 fully saturated rings. The summed E-state index contributed by atoms with van der Waals surface area (Å²) in [6.45, 7) is 9.83. The maximum Gasteiger partial charge on any atom is 0.164 e. The first-order chi connectivity index (χ1) is 26.2. The predicted octanol–water partition coefficient (Wildman–Crippen LogP) is 12.6. The Morgan fingerprint density at radius 1 is 0.463 bits per heavy atom. The van der Waals surface area contributed by atoms with E-state index in [1.54, 1.807) is 0 Å². The Bertz CT molecular complexity index is 2160. The number of hydrogen-bond donors (Lipinski definition) is 0. The molecule has 1 heterocycles. The molecule has 4 nitrogen and oxygen atoms in total. The van der Waals surface area contributed by atoms with E-state index in [1.807, 2.05) is 24.3 Å². The lowest BCUT2D eigenvalue weighted by Crippen LogP contribution is -2.42. The highest BCUT2D eigenvalue weighted by Gasteiger charge is 2.46. The molecular formula is C50H54N4. The lowest BCUT2D eigenvalue weighted by atomic mass is 9.54. The van der Waals surface area contributed by atoms with E-state index < -0.39 is 0 Å². The highest BCUT2D eigenvalue weighted by atomic mass is 15.0. The van der Waals surface area contributed by atoms with Crippen LogP contribution in [-0.4, -0.2) is 15.0 Å². The van der Waals surface area contributed by atoms with Gasteiger partial charge in [0.05, 0.1) is 11.6 Å². The summed E-state index contributed by atoms with van der Waals surface area (Å²) in [4.78, 5) is 15.7. The van der Waals surface area contributed by atoms with Crippen molar-refractivity contribution in [1.29, 1.82) is 5.26 Å². The molecule has 8 atom stereocenters. The van der Waals surface area contributed by atoms with Crippen LogP contribution in [0.4, 0.5) is 0 Å². The van der Waals surface area contributed by atoms with Gasteiger partial charge in [0.2, 0.25) is 0 Å². The molecular weight excluding hydrogens is 657 g/mol. The molecule has 0 radical (unpaired) electrons. The van der Waals surface area contributed by atoms with Gasteiger partial charge >= 0.3 is 0 Å². The molecule has 4 aliphatic carbocycles. The van der Waals surface area contributed by atoms with Crippen molar-refractivity contribution in [2.24, 2.45) is 35.5 Å². The molecule has 4 bridgehead atoms. The maximum atomic E-state index is 9.83. The minimum Gasteiger partial charge on any atom is -0.208 e. The predicted molar refractivity (Wildman–Crippen MR) is 219 cm³/mol. The summed E-state index contributed by atoms with van der Waals surface area (Å²) in [5.41, 5.74) is 9.17. The molecule has 274 valence electrons. The summed E-state index contributed by atoms with van der Waals surface area (Å²) in [5.74, 6) is 6.66. The van der Waals surface area contributed by atoms with Crippen LogP contribution in [0.5, 0.6) is 0 Å². The normalized spacial score (nSPS) is 30.4. The Morgan fingerprint density at radius 3 is 1.50 bits per heavy atom. The highest BCUT2D eigenvalue weighted by molar-refractivity contribution is 5.75. The van der Waals surface area contributed by atoms with Gasteiger partial charge < -0.3 is 0 Å². The van der Waals surface area contributed by atoms with Gasteiger partial charge in [-0.05, 0) is 157 Å². The first-order valence-corrected chi connectivity index (χ1v) is 20.7. The van der Waals surface area contributed by atoms with Crippen molar-refractivity contribution in [1.82, 2.24) is 15.0 Å². The van der Waals surface area contributed by atoms with Gasteiger partial charge in [-0.3, -0.25) is 0 Å². The van der Waals surface area contributed by atoms with Crippen molar-refractivity contribution in [2.45, 2.75) is 103 Å². The Labute approximate surface area is 322 Å².